The molecule has 0 spiro atoms. The van der Waals surface area contributed by atoms with Gasteiger partial charge in [-0.1, -0.05) is 6.07 Å². The molecule has 0 bridgehead atoms. The first-order valence-electron chi connectivity index (χ1n) is 8.48. The van der Waals surface area contributed by atoms with Crippen molar-refractivity contribution in [1.82, 2.24) is 0 Å². The Morgan fingerprint density at radius 3 is 2.62 bits per heavy atom. The van der Waals surface area contributed by atoms with Crippen LogP contribution in [0.25, 0.3) is 0 Å². The predicted octanol–water partition coefficient (Wildman–Crippen LogP) is 2.94. The van der Waals surface area contributed by atoms with Gasteiger partial charge in [0.15, 0.2) is 9.84 Å². The Labute approximate surface area is 152 Å². The van der Waals surface area contributed by atoms with Gasteiger partial charge in [0, 0.05) is 24.3 Å². The topological polar surface area (TPSA) is 80.5 Å². The van der Waals surface area contributed by atoms with E-state index >= 15 is 0 Å². The van der Waals surface area contributed by atoms with Gasteiger partial charge in [-0.05, 0) is 61.7 Å². The van der Waals surface area contributed by atoms with Crippen molar-refractivity contribution in [2.24, 2.45) is 0 Å². The van der Waals surface area contributed by atoms with Crippen molar-refractivity contribution in [2.45, 2.75) is 36.3 Å². The van der Waals surface area contributed by atoms with E-state index in [4.69, 9.17) is 5.73 Å². The van der Waals surface area contributed by atoms with E-state index in [0.717, 1.165) is 36.2 Å². The van der Waals surface area contributed by atoms with Crippen LogP contribution < -0.4 is 10.6 Å². The monoisotopic (exact) mass is 376 g/mol. The van der Waals surface area contributed by atoms with Crippen molar-refractivity contribution in [3.05, 3.63) is 53.8 Å². The Morgan fingerprint density at radius 1 is 1.23 bits per heavy atom. The third-order valence-electron chi connectivity index (χ3n) is 4.72. The van der Waals surface area contributed by atoms with Crippen LogP contribution in [-0.4, -0.2) is 26.1 Å². The molecule has 1 aliphatic rings. The number of nitrogens with two attached hydrogens (primary N) is 1. The summed E-state index contributed by atoms with van der Waals surface area (Å²) in [4.78, 5) is 14.4. The van der Waals surface area contributed by atoms with Gasteiger partial charge in [-0.3, -0.25) is 4.79 Å². The second-order valence-corrected chi connectivity index (χ2v) is 8.87. The van der Waals surface area contributed by atoms with E-state index in [1.807, 2.05) is 6.07 Å². The van der Waals surface area contributed by atoms with Crippen molar-refractivity contribution >= 4 is 27.1 Å². The number of amides is 1. The largest absolute Gasteiger partial charge is 0.398 e. The molecule has 138 valence electrons. The predicted molar refractivity (Wildman–Crippen MR) is 99.2 cm³/mol. The molecular weight excluding hydrogens is 355 g/mol. The molecule has 0 fully saturated rings. The zero-order valence-electron chi connectivity index (χ0n) is 14.5. The first-order chi connectivity index (χ1) is 12.3. The highest BCUT2D eigenvalue weighted by molar-refractivity contribution is 7.92. The summed E-state index contributed by atoms with van der Waals surface area (Å²) in [5.74, 6) is -0.759. The molecule has 2 N–H and O–H groups in total. The van der Waals surface area contributed by atoms with Crippen LogP contribution in [0.1, 0.15) is 25.3 Å². The van der Waals surface area contributed by atoms with Gasteiger partial charge in [0.1, 0.15) is 5.82 Å². The fraction of sp³-hybridized carbons (Fsp3) is 0.316. The summed E-state index contributed by atoms with van der Waals surface area (Å²) in [7, 11) is -3.71. The number of anilines is 2. The van der Waals surface area contributed by atoms with Gasteiger partial charge in [-0.2, -0.15) is 0 Å². The third-order valence-corrected chi connectivity index (χ3v) is 6.88. The fourth-order valence-corrected chi connectivity index (χ4v) is 4.58. The summed E-state index contributed by atoms with van der Waals surface area (Å²) in [5.41, 5.74) is 8.33. The number of rotatable bonds is 4. The van der Waals surface area contributed by atoms with Crippen molar-refractivity contribution < 1.29 is 17.6 Å². The minimum atomic E-state index is -3.71. The Bertz CT molecular complexity index is 926. The van der Waals surface area contributed by atoms with Gasteiger partial charge in [0.2, 0.25) is 5.91 Å². The molecule has 1 amide bonds. The van der Waals surface area contributed by atoms with Crippen molar-refractivity contribution in [2.75, 3.05) is 17.2 Å². The molecule has 1 unspecified atom stereocenters. The van der Waals surface area contributed by atoms with E-state index in [2.05, 4.69) is 0 Å². The van der Waals surface area contributed by atoms with E-state index < -0.39 is 20.9 Å². The van der Waals surface area contributed by atoms with Crippen molar-refractivity contribution in [1.29, 1.82) is 0 Å². The molecule has 0 saturated heterocycles. The van der Waals surface area contributed by atoms with Crippen molar-refractivity contribution in [3.63, 3.8) is 0 Å². The van der Waals surface area contributed by atoms with Crippen LogP contribution in [0.5, 0.6) is 0 Å². The lowest BCUT2D eigenvalue weighted by molar-refractivity contribution is -0.118. The number of hydrogen-bond acceptors (Lipinski definition) is 4. The molecule has 0 aromatic heterocycles. The van der Waals surface area contributed by atoms with Gasteiger partial charge >= 0.3 is 0 Å². The Hall–Kier alpha value is -2.41. The molecule has 0 aliphatic carbocycles. The highest BCUT2D eigenvalue weighted by Crippen LogP contribution is 2.32. The SMILES string of the molecule is CC(CC(=O)N1CCCc2c(N)cccc21)S(=O)(=O)c1ccc(F)cc1. The Balaban J connectivity index is 1.80. The summed E-state index contributed by atoms with van der Waals surface area (Å²) < 4.78 is 38.3. The van der Waals surface area contributed by atoms with Gasteiger partial charge in [-0.25, -0.2) is 12.8 Å². The molecule has 2 aromatic rings. The van der Waals surface area contributed by atoms with Gasteiger partial charge in [0.25, 0.3) is 0 Å². The molecular formula is C19H21FN2O3S. The van der Waals surface area contributed by atoms with E-state index in [-0.39, 0.29) is 17.2 Å². The number of benzene rings is 2. The normalized spacial score (nSPS) is 15.4. The maximum absolute atomic E-state index is 13.0. The first kappa shape index (κ1) is 18.4. The minimum absolute atomic E-state index is 0.0162. The average molecular weight is 376 g/mol. The van der Waals surface area contributed by atoms with Crippen LogP contribution in [0.3, 0.4) is 0 Å². The number of fused-ring (bicyclic) bond motifs is 1. The molecule has 0 radical (unpaired) electrons. The number of hydrogen-bond donors (Lipinski definition) is 1. The summed E-state index contributed by atoms with van der Waals surface area (Å²) in [5, 5.41) is -0.910. The molecule has 3 rings (SSSR count). The molecule has 5 nitrogen and oxygen atoms in total. The summed E-state index contributed by atoms with van der Waals surface area (Å²) in [6.45, 7) is 2.04. The molecule has 0 saturated carbocycles. The van der Waals surface area contributed by atoms with Gasteiger partial charge in [-0.15, -0.1) is 0 Å². The van der Waals surface area contributed by atoms with E-state index in [1.54, 1.807) is 17.0 Å². The molecule has 2 aromatic carbocycles. The number of nitrogen functional groups attached to an aromatic ring is 1. The third kappa shape index (κ3) is 3.44. The summed E-state index contributed by atoms with van der Waals surface area (Å²) in [6.07, 6.45) is 1.44. The van der Waals surface area contributed by atoms with Crippen LogP contribution in [0, 0.1) is 5.82 Å². The van der Waals surface area contributed by atoms with Gasteiger partial charge < -0.3 is 10.6 Å². The highest BCUT2D eigenvalue weighted by atomic mass is 32.2. The quantitative estimate of drug-likeness (QED) is 0.657. The lowest BCUT2D eigenvalue weighted by Gasteiger charge is -2.31. The number of sulfone groups is 1. The molecule has 26 heavy (non-hydrogen) atoms. The number of nitrogens with zero attached hydrogens (tertiary/aromatic N) is 1. The maximum atomic E-state index is 13.0. The van der Waals surface area contributed by atoms with Crippen LogP contribution in [-0.2, 0) is 21.1 Å². The number of carbonyl (C=O) groups is 1. The smallest absolute Gasteiger partial charge is 0.228 e. The number of carbonyl (C=O) groups excluding carboxylic acids is 1. The summed E-state index contributed by atoms with van der Waals surface area (Å²) >= 11 is 0. The molecule has 1 atom stereocenters. The second-order valence-electron chi connectivity index (χ2n) is 6.51. The zero-order valence-corrected chi connectivity index (χ0v) is 15.3. The average Bonchev–Trinajstić information content (AvgIpc) is 2.62. The van der Waals surface area contributed by atoms with E-state index in [9.17, 15) is 17.6 Å². The zero-order chi connectivity index (χ0) is 18.9. The van der Waals surface area contributed by atoms with Crippen molar-refractivity contribution in [3.8, 4) is 0 Å². The minimum Gasteiger partial charge on any atom is -0.398 e. The summed E-state index contributed by atoms with van der Waals surface area (Å²) in [6, 6.07) is 10.1. The maximum Gasteiger partial charge on any atom is 0.228 e. The van der Waals surface area contributed by atoms with Gasteiger partial charge in [0.05, 0.1) is 10.1 Å². The first-order valence-corrected chi connectivity index (χ1v) is 10.0. The Kier molecular flexibility index (Phi) is 5.00. The van der Waals surface area contributed by atoms with Crippen LogP contribution >= 0.6 is 0 Å². The fourth-order valence-electron chi connectivity index (χ4n) is 3.23. The molecule has 7 heteroatoms. The molecule has 1 heterocycles. The van der Waals surface area contributed by atoms with E-state index in [1.165, 1.54) is 19.1 Å². The Morgan fingerprint density at radius 2 is 1.92 bits per heavy atom. The lowest BCUT2D eigenvalue weighted by Crippen LogP contribution is -2.38. The highest BCUT2D eigenvalue weighted by Gasteiger charge is 2.30. The van der Waals surface area contributed by atoms with Crippen LogP contribution in [0.4, 0.5) is 15.8 Å². The van der Waals surface area contributed by atoms with Crippen LogP contribution in [0.15, 0.2) is 47.4 Å². The van der Waals surface area contributed by atoms with E-state index in [0.29, 0.717) is 12.2 Å². The lowest BCUT2D eigenvalue weighted by atomic mass is 9.99. The van der Waals surface area contributed by atoms with Crippen LogP contribution in [0.2, 0.25) is 0 Å². The standard InChI is InChI=1S/C19H21FN2O3S/c1-13(26(24,25)15-9-7-14(20)8-10-15)12-19(23)22-11-3-4-16-17(21)5-2-6-18(16)22/h2,5-10,13H,3-4,11-12,21H2,1H3. The molecule has 1 aliphatic heterocycles. The second kappa shape index (κ2) is 7.07. The number of halogens is 1.